The van der Waals surface area contributed by atoms with Gasteiger partial charge in [-0.05, 0) is 37.6 Å². The predicted octanol–water partition coefficient (Wildman–Crippen LogP) is 3.70. The molecule has 1 N–H and O–H groups in total. The van der Waals surface area contributed by atoms with Crippen LogP contribution < -0.4 is 10.1 Å². The number of hydrogen-bond acceptors (Lipinski definition) is 6. The molecule has 2 rings (SSSR count). The van der Waals surface area contributed by atoms with Gasteiger partial charge in [0.25, 0.3) is 0 Å². The summed E-state index contributed by atoms with van der Waals surface area (Å²) in [5.74, 6) is 0.205. The van der Waals surface area contributed by atoms with Gasteiger partial charge in [0.1, 0.15) is 11.6 Å². The molecule has 0 unspecified atom stereocenters. The first kappa shape index (κ1) is 26.9. The maximum atomic E-state index is 12.9. The molecule has 2 amide bonds. The van der Waals surface area contributed by atoms with Crippen LogP contribution in [-0.2, 0) is 24.5 Å². The standard InChI is InChI=1S/C25H36N4O5/c1-7-15-28(23(31)13-14-24(32)34-8-2)17-22(30)26-21-16-20(25(3,4)5)27-29(21)18-9-11-19(33-6)12-10-18/h9-12,16H,7-8,13-15,17H2,1-6H3,(H,26,30). The van der Waals surface area contributed by atoms with Crippen LogP contribution in [-0.4, -0.2) is 59.3 Å². The molecule has 9 nitrogen and oxygen atoms in total. The number of nitrogens with zero attached hydrogens (tertiary/aromatic N) is 3. The van der Waals surface area contributed by atoms with E-state index in [4.69, 9.17) is 14.6 Å². The smallest absolute Gasteiger partial charge is 0.306 e. The zero-order valence-electron chi connectivity index (χ0n) is 21.0. The number of carbonyl (C=O) groups excluding carboxylic acids is 3. The molecule has 0 bridgehead atoms. The predicted molar refractivity (Wildman–Crippen MR) is 130 cm³/mol. The van der Waals surface area contributed by atoms with Gasteiger partial charge in [-0.1, -0.05) is 27.7 Å². The molecule has 0 saturated carbocycles. The molecular formula is C25H36N4O5. The summed E-state index contributed by atoms with van der Waals surface area (Å²) in [6.07, 6.45) is 0.689. The van der Waals surface area contributed by atoms with Gasteiger partial charge in [0, 0.05) is 24.4 Å². The molecule has 0 saturated heterocycles. The van der Waals surface area contributed by atoms with E-state index >= 15 is 0 Å². The Morgan fingerprint density at radius 1 is 1.09 bits per heavy atom. The van der Waals surface area contributed by atoms with Crippen LogP contribution >= 0.6 is 0 Å². The van der Waals surface area contributed by atoms with Gasteiger partial charge < -0.3 is 19.7 Å². The number of anilines is 1. The van der Waals surface area contributed by atoms with Crippen molar-refractivity contribution in [3.8, 4) is 11.4 Å². The summed E-state index contributed by atoms with van der Waals surface area (Å²) >= 11 is 0. The Morgan fingerprint density at radius 2 is 1.76 bits per heavy atom. The molecule has 0 atom stereocenters. The summed E-state index contributed by atoms with van der Waals surface area (Å²) in [5, 5.41) is 7.61. The summed E-state index contributed by atoms with van der Waals surface area (Å²) < 4.78 is 11.8. The van der Waals surface area contributed by atoms with Crippen LogP contribution in [0.5, 0.6) is 5.75 Å². The van der Waals surface area contributed by atoms with E-state index in [0.29, 0.717) is 24.5 Å². The van der Waals surface area contributed by atoms with Gasteiger partial charge in [0.2, 0.25) is 11.8 Å². The largest absolute Gasteiger partial charge is 0.497 e. The molecule has 0 radical (unpaired) electrons. The Hall–Kier alpha value is -3.36. The highest BCUT2D eigenvalue weighted by molar-refractivity contribution is 5.94. The van der Waals surface area contributed by atoms with Gasteiger partial charge >= 0.3 is 5.97 Å². The average molecular weight is 473 g/mol. The van der Waals surface area contributed by atoms with Crippen LogP contribution in [0.25, 0.3) is 5.69 Å². The summed E-state index contributed by atoms with van der Waals surface area (Å²) in [4.78, 5) is 38.6. The average Bonchev–Trinajstić information content (AvgIpc) is 3.21. The number of nitrogens with one attached hydrogen (secondary N) is 1. The van der Waals surface area contributed by atoms with Gasteiger partial charge in [-0.3, -0.25) is 14.4 Å². The molecule has 1 aromatic heterocycles. The fourth-order valence-corrected chi connectivity index (χ4v) is 3.27. The second kappa shape index (κ2) is 12.2. The number of rotatable bonds is 11. The Morgan fingerprint density at radius 3 is 2.32 bits per heavy atom. The Labute approximate surface area is 201 Å². The lowest BCUT2D eigenvalue weighted by molar-refractivity contribution is -0.145. The van der Waals surface area contributed by atoms with E-state index in [1.807, 2.05) is 58.0 Å². The zero-order valence-corrected chi connectivity index (χ0v) is 21.0. The summed E-state index contributed by atoms with van der Waals surface area (Å²) in [7, 11) is 1.60. The van der Waals surface area contributed by atoms with Crippen molar-refractivity contribution in [1.29, 1.82) is 0 Å². The van der Waals surface area contributed by atoms with Gasteiger partial charge in [-0.15, -0.1) is 0 Å². The monoisotopic (exact) mass is 472 g/mol. The molecule has 0 aliphatic heterocycles. The number of benzene rings is 1. The first-order chi connectivity index (χ1) is 16.1. The fourth-order valence-electron chi connectivity index (χ4n) is 3.27. The van der Waals surface area contributed by atoms with Crippen molar-refractivity contribution in [3.05, 3.63) is 36.0 Å². The van der Waals surface area contributed by atoms with E-state index in [1.54, 1.807) is 18.7 Å². The lowest BCUT2D eigenvalue weighted by Crippen LogP contribution is -2.39. The van der Waals surface area contributed by atoms with Gasteiger partial charge in [-0.25, -0.2) is 4.68 Å². The minimum atomic E-state index is -0.421. The van der Waals surface area contributed by atoms with Gasteiger partial charge in [0.15, 0.2) is 0 Å². The van der Waals surface area contributed by atoms with Gasteiger partial charge in [-0.2, -0.15) is 5.10 Å². The molecule has 1 heterocycles. The highest BCUT2D eigenvalue weighted by Gasteiger charge is 2.23. The van der Waals surface area contributed by atoms with E-state index in [-0.39, 0.29) is 43.2 Å². The third-order valence-corrected chi connectivity index (χ3v) is 5.09. The van der Waals surface area contributed by atoms with Crippen molar-refractivity contribution in [2.75, 3.05) is 32.1 Å². The lowest BCUT2D eigenvalue weighted by Gasteiger charge is -2.21. The van der Waals surface area contributed by atoms with Crippen molar-refractivity contribution in [3.63, 3.8) is 0 Å². The molecule has 1 aromatic carbocycles. The number of esters is 1. The Bertz CT molecular complexity index is 976. The Kier molecular flexibility index (Phi) is 9.65. The molecule has 0 aliphatic rings. The van der Waals surface area contributed by atoms with Crippen LogP contribution in [0, 0.1) is 0 Å². The van der Waals surface area contributed by atoms with Crippen LogP contribution in [0.3, 0.4) is 0 Å². The maximum Gasteiger partial charge on any atom is 0.306 e. The lowest BCUT2D eigenvalue weighted by atomic mass is 9.92. The summed E-state index contributed by atoms with van der Waals surface area (Å²) in [6.45, 7) is 10.4. The third kappa shape index (κ3) is 7.60. The number of hydrogen-bond donors (Lipinski definition) is 1. The van der Waals surface area contributed by atoms with Crippen LogP contribution in [0.15, 0.2) is 30.3 Å². The van der Waals surface area contributed by atoms with E-state index in [9.17, 15) is 14.4 Å². The number of methoxy groups -OCH3 is 1. The topological polar surface area (TPSA) is 103 Å². The first-order valence-corrected chi connectivity index (χ1v) is 11.6. The van der Waals surface area contributed by atoms with E-state index < -0.39 is 5.97 Å². The summed E-state index contributed by atoms with van der Waals surface area (Å²) in [5.41, 5.74) is 1.35. The van der Waals surface area contributed by atoms with Crippen molar-refractivity contribution < 1.29 is 23.9 Å². The first-order valence-electron chi connectivity index (χ1n) is 11.6. The molecule has 0 fully saturated rings. The molecule has 0 aliphatic carbocycles. The number of aromatic nitrogens is 2. The minimum Gasteiger partial charge on any atom is -0.497 e. The summed E-state index contributed by atoms with van der Waals surface area (Å²) in [6, 6.07) is 9.20. The van der Waals surface area contributed by atoms with Crippen molar-refractivity contribution in [2.24, 2.45) is 0 Å². The van der Waals surface area contributed by atoms with Crippen molar-refractivity contribution >= 4 is 23.6 Å². The van der Waals surface area contributed by atoms with E-state index in [2.05, 4.69) is 5.32 Å². The normalized spacial score (nSPS) is 11.1. The van der Waals surface area contributed by atoms with Crippen LogP contribution in [0.2, 0.25) is 0 Å². The highest BCUT2D eigenvalue weighted by Crippen LogP contribution is 2.27. The number of ether oxygens (including phenoxy) is 2. The van der Waals surface area contributed by atoms with Crippen LogP contribution in [0.1, 0.15) is 59.6 Å². The Balaban J connectivity index is 2.19. The third-order valence-electron chi connectivity index (χ3n) is 5.09. The van der Waals surface area contributed by atoms with Crippen molar-refractivity contribution in [2.45, 2.75) is 59.3 Å². The SMILES string of the molecule is CCCN(CC(=O)Nc1cc(C(C)(C)C)nn1-c1ccc(OC)cc1)C(=O)CCC(=O)OCC. The molecule has 34 heavy (non-hydrogen) atoms. The van der Waals surface area contributed by atoms with E-state index in [0.717, 1.165) is 11.4 Å². The van der Waals surface area contributed by atoms with Crippen LogP contribution in [0.4, 0.5) is 5.82 Å². The minimum absolute atomic E-state index is 0.00403. The van der Waals surface area contributed by atoms with Crippen molar-refractivity contribution in [1.82, 2.24) is 14.7 Å². The number of amides is 2. The highest BCUT2D eigenvalue weighted by atomic mass is 16.5. The second-order valence-corrected chi connectivity index (χ2v) is 8.94. The molecular weight excluding hydrogens is 436 g/mol. The zero-order chi connectivity index (χ0) is 25.3. The fraction of sp³-hybridized carbons (Fsp3) is 0.520. The second-order valence-electron chi connectivity index (χ2n) is 8.94. The molecule has 186 valence electrons. The molecule has 2 aromatic rings. The van der Waals surface area contributed by atoms with E-state index in [1.165, 1.54) is 4.90 Å². The maximum absolute atomic E-state index is 12.9. The molecule has 9 heteroatoms. The van der Waals surface area contributed by atoms with Gasteiger partial charge in [0.05, 0.1) is 38.1 Å². The number of carbonyl (C=O) groups is 3. The molecule has 0 spiro atoms. The quantitative estimate of drug-likeness (QED) is 0.500.